The van der Waals surface area contributed by atoms with Gasteiger partial charge in [-0.3, -0.25) is 0 Å². The lowest BCUT2D eigenvalue weighted by Crippen LogP contribution is -2.40. The maximum Gasteiger partial charge on any atom is 0.129 e. The molecule has 1 aromatic heterocycles. The molecule has 18 heavy (non-hydrogen) atoms. The van der Waals surface area contributed by atoms with Crippen molar-refractivity contribution in [1.29, 1.82) is 0 Å². The molecule has 0 aliphatic heterocycles. The average molecular weight is 269 g/mol. The Hall–Kier alpha value is -0.450. The maximum atomic E-state index is 8.96. The van der Waals surface area contributed by atoms with E-state index >= 15 is 0 Å². The molecular formula is C14H23NO2S. The number of nitrogens with one attached hydrogen (secondary N) is 1. The first-order valence-electron chi connectivity index (χ1n) is 6.87. The second kappa shape index (κ2) is 7.22. The summed E-state index contributed by atoms with van der Waals surface area (Å²) >= 11 is 2.07. The number of rotatable bonds is 6. The highest BCUT2D eigenvalue weighted by Gasteiger charge is 2.24. The van der Waals surface area contributed by atoms with Crippen molar-refractivity contribution < 1.29 is 9.52 Å². The van der Waals surface area contributed by atoms with Gasteiger partial charge in [0.25, 0.3) is 0 Å². The molecule has 1 fully saturated rings. The zero-order valence-corrected chi connectivity index (χ0v) is 11.8. The Balaban J connectivity index is 1.83. The van der Waals surface area contributed by atoms with E-state index in [2.05, 4.69) is 24.0 Å². The van der Waals surface area contributed by atoms with Crippen molar-refractivity contribution in [3.8, 4) is 0 Å². The van der Waals surface area contributed by atoms with Crippen LogP contribution in [0, 0.1) is 0 Å². The molecule has 1 aliphatic carbocycles. The Labute approximate surface area is 113 Å². The first-order chi connectivity index (χ1) is 8.83. The summed E-state index contributed by atoms with van der Waals surface area (Å²) in [5.74, 6) is 2.76. The summed E-state index contributed by atoms with van der Waals surface area (Å²) in [5.41, 5.74) is 0. The van der Waals surface area contributed by atoms with Gasteiger partial charge in [0, 0.05) is 11.3 Å². The molecule has 1 saturated carbocycles. The highest BCUT2D eigenvalue weighted by Crippen LogP contribution is 2.28. The van der Waals surface area contributed by atoms with Crippen LogP contribution in [-0.4, -0.2) is 22.2 Å². The van der Waals surface area contributed by atoms with Crippen LogP contribution in [0.2, 0.25) is 0 Å². The van der Waals surface area contributed by atoms with Crippen LogP contribution in [0.4, 0.5) is 0 Å². The minimum absolute atomic E-state index is 0.0161. The molecule has 0 unspecified atom stereocenters. The fourth-order valence-electron chi connectivity index (χ4n) is 2.58. The third-order valence-corrected chi connectivity index (χ3v) is 4.82. The van der Waals surface area contributed by atoms with Crippen LogP contribution in [-0.2, 0) is 13.2 Å². The topological polar surface area (TPSA) is 45.4 Å². The minimum Gasteiger partial charge on any atom is -0.462 e. The van der Waals surface area contributed by atoms with Crippen molar-refractivity contribution in [2.24, 2.45) is 0 Å². The second-order valence-corrected chi connectivity index (χ2v) is 6.31. The normalized spacial score (nSPS) is 24.3. The monoisotopic (exact) mass is 269 g/mol. The largest absolute Gasteiger partial charge is 0.462 e. The quantitative estimate of drug-likeness (QED) is 0.833. The molecule has 1 heterocycles. The summed E-state index contributed by atoms with van der Waals surface area (Å²) in [6, 6.07) is 4.39. The van der Waals surface area contributed by atoms with E-state index in [1.807, 2.05) is 12.1 Å². The zero-order valence-electron chi connectivity index (χ0n) is 11.0. The van der Waals surface area contributed by atoms with Crippen LogP contribution in [0.25, 0.3) is 0 Å². The summed E-state index contributed by atoms with van der Waals surface area (Å²) in [5, 5.41) is 13.3. The Morgan fingerprint density at radius 2 is 2.11 bits per heavy atom. The number of hydrogen-bond donors (Lipinski definition) is 2. The predicted octanol–water partition coefficient (Wildman–Crippen LogP) is 2.93. The van der Waals surface area contributed by atoms with E-state index in [0.717, 1.165) is 17.6 Å². The van der Waals surface area contributed by atoms with Gasteiger partial charge in [0.15, 0.2) is 0 Å². The molecule has 2 N–H and O–H groups in total. The lowest BCUT2D eigenvalue weighted by atomic mass is 9.95. The van der Waals surface area contributed by atoms with E-state index < -0.39 is 0 Å². The van der Waals surface area contributed by atoms with Crippen molar-refractivity contribution in [2.45, 2.75) is 57.1 Å². The van der Waals surface area contributed by atoms with Gasteiger partial charge in [0.2, 0.25) is 0 Å². The molecule has 1 aromatic rings. The molecule has 3 nitrogen and oxygen atoms in total. The van der Waals surface area contributed by atoms with Gasteiger partial charge in [-0.05, 0) is 30.7 Å². The molecular weight excluding hydrogens is 246 g/mol. The molecule has 0 radical (unpaired) electrons. The van der Waals surface area contributed by atoms with E-state index in [9.17, 15) is 0 Å². The SMILES string of the molecule is CCS[C@H]1CCCC[C@@H]1NCc1ccc(CO)o1. The van der Waals surface area contributed by atoms with Crippen LogP contribution < -0.4 is 5.32 Å². The first-order valence-corrected chi connectivity index (χ1v) is 7.91. The Morgan fingerprint density at radius 3 is 2.83 bits per heavy atom. The fourth-order valence-corrected chi connectivity index (χ4v) is 3.80. The summed E-state index contributed by atoms with van der Waals surface area (Å²) in [6.45, 7) is 2.99. The summed E-state index contributed by atoms with van der Waals surface area (Å²) in [6.07, 6.45) is 5.30. The van der Waals surface area contributed by atoms with Crippen LogP contribution in [0.15, 0.2) is 16.5 Å². The van der Waals surface area contributed by atoms with E-state index in [4.69, 9.17) is 9.52 Å². The van der Waals surface area contributed by atoms with Gasteiger partial charge in [0.1, 0.15) is 18.1 Å². The van der Waals surface area contributed by atoms with Crippen LogP contribution >= 0.6 is 11.8 Å². The first kappa shape index (κ1) is 14.0. The number of thioether (sulfide) groups is 1. The fraction of sp³-hybridized carbons (Fsp3) is 0.714. The average Bonchev–Trinajstić information content (AvgIpc) is 2.86. The third-order valence-electron chi connectivity index (χ3n) is 3.49. The molecule has 0 spiro atoms. The van der Waals surface area contributed by atoms with Crippen molar-refractivity contribution in [3.63, 3.8) is 0 Å². The number of hydrogen-bond acceptors (Lipinski definition) is 4. The highest BCUT2D eigenvalue weighted by atomic mass is 32.2. The van der Waals surface area contributed by atoms with Gasteiger partial charge in [-0.2, -0.15) is 11.8 Å². The number of aliphatic hydroxyl groups excluding tert-OH is 1. The molecule has 0 aromatic carbocycles. The van der Waals surface area contributed by atoms with Crippen molar-refractivity contribution in [2.75, 3.05) is 5.75 Å². The van der Waals surface area contributed by atoms with Crippen LogP contribution in [0.3, 0.4) is 0 Å². The highest BCUT2D eigenvalue weighted by molar-refractivity contribution is 7.99. The standard InChI is InChI=1S/C14H23NO2S/c1-2-18-14-6-4-3-5-13(14)15-9-11-7-8-12(10-16)17-11/h7-8,13-16H,2-6,9-10H2,1H3/t13-,14-/m0/s1. The van der Waals surface area contributed by atoms with Crippen molar-refractivity contribution >= 4 is 11.8 Å². The molecule has 102 valence electrons. The van der Waals surface area contributed by atoms with Gasteiger partial charge < -0.3 is 14.8 Å². The number of furan rings is 1. The Kier molecular flexibility index (Phi) is 5.60. The molecule has 0 bridgehead atoms. The van der Waals surface area contributed by atoms with E-state index in [0.29, 0.717) is 11.8 Å². The van der Waals surface area contributed by atoms with E-state index in [1.165, 1.54) is 31.4 Å². The molecule has 2 atom stereocenters. The lowest BCUT2D eigenvalue weighted by Gasteiger charge is -2.31. The van der Waals surface area contributed by atoms with Crippen LogP contribution in [0.5, 0.6) is 0 Å². The molecule has 2 rings (SSSR count). The third kappa shape index (κ3) is 3.77. The lowest BCUT2D eigenvalue weighted by molar-refractivity contribution is 0.241. The number of aliphatic hydroxyl groups is 1. The Morgan fingerprint density at radius 1 is 1.33 bits per heavy atom. The van der Waals surface area contributed by atoms with Gasteiger partial charge in [0.05, 0.1) is 6.54 Å². The second-order valence-electron chi connectivity index (χ2n) is 4.79. The minimum atomic E-state index is -0.0161. The van der Waals surface area contributed by atoms with Gasteiger partial charge in [-0.15, -0.1) is 0 Å². The molecule has 0 saturated heterocycles. The Bertz CT molecular complexity index is 351. The molecule has 4 heteroatoms. The van der Waals surface area contributed by atoms with Gasteiger partial charge in [-0.1, -0.05) is 19.8 Å². The van der Waals surface area contributed by atoms with Gasteiger partial charge >= 0.3 is 0 Å². The smallest absolute Gasteiger partial charge is 0.129 e. The predicted molar refractivity (Wildman–Crippen MR) is 75.6 cm³/mol. The summed E-state index contributed by atoms with van der Waals surface area (Å²) in [4.78, 5) is 0. The van der Waals surface area contributed by atoms with Crippen LogP contribution in [0.1, 0.15) is 44.1 Å². The molecule has 0 amide bonds. The van der Waals surface area contributed by atoms with Crippen molar-refractivity contribution in [3.05, 3.63) is 23.7 Å². The van der Waals surface area contributed by atoms with E-state index in [1.54, 1.807) is 0 Å². The van der Waals surface area contributed by atoms with E-state index in [-0.39, 0.29) is 6.61 Å². The maximum absolute atomic E-state index is 8.96. The van der Waals surface area contributed by atoms with Gasteiger partial charge in [-0.25, -0.2) is 0 Å². The summed E-state index contributed by atoms with van der Waals surface area (Å²) < 4.78 is 5.50. The van der Waals surface area contributed by atoms with Crippen molar-refractivity contribution in [1.82, 2.24) is 5.32 Å². The molecule has 1 aliphatic rings. The zero-order chi connectivity index (χ0) is 12.8. The summed E-state index contributed by atoms with van der Waals surface area (Å²) in [7, 11) is 0.